The number of methoxy groups -OCH3 is 1. The lowest BCUT2D eigenvalue weighted by Crippen LogP contribution is -2.26. The van der Waals surface area contributed by atoms with Crippen molar-refractivity contribution in [1.82, 2.24) is 19.9 Å². The van der Waals surface area contributed by atoms with Crippen LogP contribution in [0.4, 0.5) is 5.69 Å². The van der Waals surface area contributed by atoms with Crippen LogP contribution in [0.25, 0.3) is 11.2 Å². The molecular formula is C15H13N5O2. The minimum Gasteiger partial charge on any atom is -0.481 e. The number of carbonyl (C=O) groups excluding carboxylic acids is 1. The van der Waals surface area contributed by atoms with Crippen molar-refractivity contribution in [3.05, 3.63) is 48.5 Å². The second kappa shape index (κ2) is 5.72. The summed E-state index contributed by atoms with van der Waals surface area (Å²) in [6, 6.07) is 5.13. The number of fused-ring (bicyclic) bond motifs is 1. The molecule has 0 N–H and O–H groups in total. The molecule has 0 radical (unpaired) electrons. The van der Waals surface area contributed by atoms with Gasteiger partial charge in [0.05, 0.1) is 24.6 Å². The van der Waals surface area contributed by atoms with E-state index in [1.54, 1.807) is 50.9 Å². The van der Waals surface area contributed by atoms with Gasteiger partial charge in [0.25, 0.3) is 5.91 Å². The molecule has 0 spiro atoms. The van der Waals surface area contributed by atoms with Crippen LogP contribution in [-0.2, 0) is 0 Å². The van der Waals surface area contributed by atoms with Gasteiger partial charge in [0, 0.05) is 31.7 Å². The van der Waals surface area contributed by atoms with Crippen LogP contribution >= 0.6 is 0 Å². The predicted molar refractivity (Wildman–Crippen MR) is 80.9 cm³/mol. The molecule has 3 aromatic heterocycles. The Morgan fingerprint density at radius 3 is 2.64 bits per heavy atom. The molecule has 0 aromatic carbocycles. The molecule has 110 valence electrons. The smallest absolute Gasteiger partial charge is 0.259 e. The van der Waals surface area contributed by atoms with Gasteiger partial charge < -0.3 is 9.64 Å². The van der Waals surface area contributed by atoms with Crippen molar-refractivity contribution in [3.63, 3.8) is 0 Å². The third-order valence-electron chi connectivity index (χ3n) is 3.19. The van der Waals surface area contributed by atoms with Gasteiger partial charge in [-0.3, -0.25) is 9.78 Å². The average molecular weight is 295 g/mol. The number of hydrogen-bond donors (Lipinski definition) is 0. The molecule has 7 nitrogen and oxygen atoms in total. The Morgan fingerprint density at radius 1 is 1.09 bits per heavy atom. The average Bonchev–Trinajstić information content (AvgIpc) is 2.60. The number of anilines is 1. The van der Waals surface area contributed by atoms with Crippen LogP contribution in [0.2, 0.25) is 0 Å². The van der Waals surface area contributed by atoms with E-state index in [0.717, 1.165) is 0 Å². The van der Waals surface area contributed by atoms with Gasteiger partial charge in [0.2, 0.25) is 5.88 Å². The quantitative estimate of drug-likeness (QED) is 0.731. The van der Waals surface area contributed by atoms with E-state index in [4.69, 9.17) is 4.74 Å². The van der Waals surface area contributed by atoms with Gasteiger partial charge in [0.1, 0.15) is 5.52 Å². The topological polar surface area (TPSA) is 81.1 Å². The van der Waals surface area contributed by atoms with Crippen LogP contribution < -0.4 is 9.64 Å². The van der Waals surface area contributed by atoms with Crippen molar-refractivity contribution >= 4 is 22.8 Å². The van der Waals surface area contributed by atoms with Gasteiger partial charge in [-0.25, -0.2) is 15.0 Å². The minimum absolute atomic E-state index is 0.202. The van der Waals surface area contributed by atoms with Crippen molar-refractivity contribution in [2.24, 2.45) is 0 Å². The van der Waals surface area contributed by atoms with Gasteiger partial charge in [-0.15, -0.1) is 0 Å². The molecule has 22 heavy (non-hydrogen) atoms. The first-order valence-corrected chi connectivity index (χ1v) is 6.54. The third kappa shape index (κ3) is 2.56. The van der Waals surface area contributed by atoms with E-state index in [2.05, 4.69) is 19.9 Å². The molecule has 0 atom stereocenters. The van der Waals surface area contributed by atoms with Crippen molar-refractivity contribution in [1.29, 1.82) is 0 Å². The zero-order chi connectivity index (χ0) is 15.5. The van der Waals surface area contributed by atoms with Crippen molar-refractivity contribution in [2.45, 2.75) is 0 Å². The molecule has 0 saturated heterocycles. The number of ether oxygens (including phenoxy) is 1. The Balaban J connectivity index is 1.90. The van der Waals surface area contributed by atoms with E-state index in [1.165, 1.54) is 11.1 Å². The maximum atomic E-state index is 12.5. The summed E-state index contributed by atoms with van der Waals surface area (Å²) in [6.07, 6.45) is 6.19. The maximum absolute atomic E-state index is 12.5. The molecule has 0 bridgehead atoms. The molecule has 3 aromatic rings. The van der Waals surface area contributed by atoms with Crippen LogP contribution in [0.15, 0.2) is 43.0 Å². The molecule has 0 saturated carbocycles. The lowest BCUT2D eigenvalue weighted by Gasteiger charge is -2.17. The van der Waals surface area contributed by atoms with Crippen LogP contribution in [0.3, 0.4) is 0 Å². The van der Waals surface area contributed by atoms with Crippen LogP contribution in [0.1, 0.15) is 10.4 Å². The summed E-state index contributed by atoms with van der Waals surface area (Å²) in [5.74, 6) is 0.291. The summed E-state index contributed by atoms with van der Waals surface area (Å²) in [4.78, 5) is 30.5. The number of nitrogens with zero attached hydrogens (tertiary/aromatic N) is 5. The molecule has 0 aliphatic rings. The van der Waals surface area contributed by atoms with Crippen molar-refractivity contribution in [3.8, 4) is 5.88 Å². The van der Waals surface area contributed by atoms with E-state index in [0.29, 0.717) is 28.3 Å². The van der Waals surface area contributed by atoms with Gasteiger partial charge in [-0.1, -0.05) is 0 Å². The standard InChI is InChI=1S/C15H13N5O2/c1-20(11-3-4-13(22-2)18-9-11)15(21)10-7-12-14(19-8-10)17-6-5-16-12/h3-9H,1-2H3. The second-order valence-electron chi connectivity index (χ2n) is 4.55. The van der Waals surface area contributed by atoms with Gasteiger partial charge >= 0.3 is 0 Å². The minimum atomic E-state index is -0.202. The molecule has 0 aliphatic heterocycles. The molecule has 7 heteroatoms. The van der Waals surface area contributed by atoms with Gasteiger partial charge in [-0.2, -0.15) is 0 Å². The lowest BCUT2D eigenvalue weighted by atomic mass is 10.2. The number of carbonyl (C=O) groups is 1. The molecule has 0 aliphatic carbocycles. The maximum Gasteiger partial charge on any atom is 0.259 e. The monoisotopic (exact) mass is 295 g/mol. The SMILES string of the molecule is COc1ccc(N(C)C(=O)c2cnc3nccnc3c2)cn1. The highest BCUT2D eigenvalue weighted by molar-refractivity contribution is 6.06. The Labute approximate surface area is 126 Å². The van der Waals surface area contributed by atoms with Gasteiger partial charge in [0.15, 0.2) is 5.65 Å². The Bertz CT molecular complexity index is 820. The molecule has 3 heterocycles. The number of rotatable bonds is 3. The highest BCUT2D eigenvalue weighted by Gasteiger charge is 2.15. The molecular weight excluding hydrogens is 282 g/mol. The summed E-state index contributed by atoms with van der Waals surface area (Å²) in [5, 5.41) is 0. The fourth-order valence-electron chi connectivity index (χ4n) is 1.98. The van der Waals surface area contributed by atoms with Gasteiger partial charge in [-0.05, 0) is 12.1 Å². The summed E-state index contributed by atoms with van der Waals surface area (Å²) in [6.45, 7) is 0. The zero-order valence-electron chi connectivity index (χ0n) is 12.1. The third-order valence-corrected chi connectivity index (χ3v) is 3.19. The molecule has 1 amide bonds. The van der Waals surface area contributed by atoms with Crippen LogP contribution in [-0.4, -0.2) is 40.0 Å². The Morgan fingerprint density at radius 2 is 1.91 bits per heavy atom. The van der Waals surface area contributed by atoms with E-state index < -0.39 is 0 Å². The summed E-state index contributed by atoms with van der Waals surface area (Å²) in [7, 11) is 3.21. The predicted octanol–water partition coefficient (Wildman–Crippen LogP) is 1.70. The first kappa shape index (κ1) is 13.9. The van der Waals surface area contributed by atoms with E-state index in [1.807, 2.05) is 0 Å². The highest BCUT2D eigenvalue weighted by atomic mass is 16.5. The molecule has 3 rings (SSSR count). The van der Waals surface area contributed by atoms with Crippen molar-refractivity contribution in [2.75, 3.05) is 19.1 Å². The fourth-order valence-corrected chi connectivity index (χ4v) is 1.98. The van der Waals surface area contributed by atoms with E-state index in [-0.39, 0.29) is 5.91 Å². The normalized spacial score (nSPS) is 10.5. The Kier molecular flexibility index (Phi) is 3.61. The van der Waals surface area contributed by atoms with E-state index in [9.17, 15) is 4.79 Å². The number of hydrogen-bond acceptors (Lipinski definition) is 6. The first-order valence-electron chi connectivity index (χ1n) is 6.54. The number of pyridine rings is 2. The fraction of sp³-hybridized carbons (Fsp3) is 0.133. The number of aromatic nitrogens is 4. The largest absolute Gasteiger partial charge is 0.481 e. The van der Waals surface area contributed by atoms with Crippen molar-refractivity contribution < 1.29 is 9.53 Å². The summed E-state index contributed by atoms with van der Waals surface area (Å²) < 4.78 is 5.00. The summed E-state index contributed by atoms with van der Waals surface area (Å²) in [5.41, 5.74) is 2.18. The second-order valence-corrected chi connectivity index (χ2v) is 4.55. The first-order chi connectivity index (χ1) is 10.7. The lowest BCUT2D eigenvalue weighted by molar-refractivity contribution is 0.0992. The Hall–Kier alpha value is -3.09. The molecule has 0 fully saturated rings. The summed E-state index contributed by atoms with van der Waals surface area (Å²) >= 11 is 0. The van der Waals surface area contributed by atoms with Crippen LogP contribution in [0.5, 0.6) is 5.88 Å². The zero-order valence-corrected chi connectivity index (χ0v) is 12.1. The van der Waals surface area contributed by atoms with Crippen LogP contribution in [0, 0.1) is 0 Å². The van der Waals surface area contributed by atoms with E-state index >= 15 is 0 Å². The molecule has 0 unspecified atom stereocenters. The number of amides is 1. The highest BCUT2D eigenvalue weighted by Crippen LogP contribution is 2.18.